The highest BCUT2D eigenvalue weighted by molar-refractivity contribution is 6.02. The van der Waals surface area contributed by atoms with Crippen LogP contribution in [0, 0.1) is 56.7 Å². The van der Waals surface area contributed by atoms with Gasteiger partial charge in [0.2, 0.25) is 0 Å². The van der Waals surface area contributed by atoms with E-state index in [0.29, 0.717) is 12.3 Å². The lowest BCUT2D eigenvalue weighted by atomic mass is 9.54. The second-order valence-corrected chi connectivity index (χ2v) is 8.06. The minimum Gasteiger partial charge on any atom is -0.496 e. The summed E-state index contributed by atoms with van der Waals surface area (Å²) >= 11 is 0. The van der Waals surface area contributed by atoms with Gasteiger partial charge in [-0.2, -0.15) is 15.8 Å². The van der Waals surface area contributed by atoms with Crippen LogP contribution in [0.5, 0.6) is 5.75 Å². The van der Waals surface area contributed by atoms with Crippen molar-refractivity contribution < 1.29 is 9.64 Å². The number of rotatable bonds is 2. The second kappa shape index (κ2) is 7.30. The van der Waals surface area contributed by atoms with E-state index in [2.05, 4.69) is 25.3 Å². The Hall–Kier alpha value is -3.66. The topological polar surface area (TPSA) is 109 Å². The fourth-order valence-electron chi connectivity index (χ4n) is 5.14. The number of benzene rings is 2. The van der Waals surface area contributed by atoms with Crippen molar-refractivity contribution in [3.05, 3.63) is 53.6 Å². The molecule has 1 aliphatic carbocycles. The van der Waals surface area contributed by atoms with Crippen LogP contribution in [0.3, 0.4) is 0 Å². The summed E-state index contributed by atoms with van der Waals surface area (Å²) < 4.78 is 5.70. The Kier molecular flexibility index (Phi) is 4.78. The molecule has 1 aliphatic heterocycles. The molecule has 6 nitrogen and oxygen atoms in total. The molecule has 1 saturated carbocycles. The Morgan fingerprint density at radius 1 is 1.13 bits per heavy atom. The first-order valence-corrected chi connectivity index (χ1v) is 9.90. The van der Waals surface area contributed by atoms with Crippen LogP contribution in [0.1, 0.15) is 11.5 Å². The number of quaternary nitrogens is 1. The van der Waals surface area contributed by atoms with Gasteiger partial charge in [0.1, 0.15) is 11.7 Å². The highest BCUT2D eigenvalue weighted by Gasteiger charge is 2.59. The van der Waals surface area contributed by atoms with E-state index < -0.39 is 17.3 Å². The highest BCUT2D eigenvalue weighted by atomic mass is 16.5. The highest BCUT2D eigenvalue weighted by Crippen LogP contribution is 2.55. The number of nitrogens with one attached hydrogen (secondary N) is 2. The number of fused-ring (bicyclic) bond motifs is 2. The Morgan fingerprint density at radius 2 is 1.87 bits per heavy atom. The number of hydrogen-bond acceptors (Lipinski definition) is 5. The molecular weight excluding hydrogens is 374 g/mol. The standard InChI is InChI=1S/C24H21N5O/c1-29-10-9-17-18(11-25)23(28)24(13-26,14-27)22(19(17)12-29)21-16-6-4-3-5-15(16)7-8-20(21)30-2/h3-9,18-19,22,28H,10,12H2,1-2H3/p+1/t18?,19-,22+/m1/s1. The average molecular weight is 396 g/mol. The summed E-state index contributed by atoms with van der Waals surface area (Å²) in [6.07, 6.45) is 2.02. The van der Waals surface area contributed by atoms with Crippen molar-refractivity contribution in [2.75, 3.05) is 27.2 Å². The molecule has 4 atom stereocenters. The molecule has 2 N–H and O–H groups in total. The van der Waals surface area contributed by atoms with Crippen molar-refractivity contribution in [2.24, 2.45) is 17.3 Å². The van der Waals surface area contributed by atoms with Gasteiger partial charge >= 0.3 is 0 Å². The number of methoxy groups -OCH3 is 1. The maximum Gasteiger partial charge on any atom is 0.190 e. The number of nitrogens with zero attached hydrogens (tertiary/aromatic N) is 3. The van der Waals surface area contributed by atoms with Gasteiger partial charge in [-0.3, -0.25) is 0 Å². The lowest BCUT2D eigenvalue weighted by molar-refractivity contribution is -0.878. The van der Waals surface area contributed by atoms with Gasteiger partial charge in [0.15, 0.2) is 5.41 Å². The van der Waals surface area contributed by atoms with Crippen LogP contribution in [0.15, 0.2) is 48.0 Å². The molecule has 2 aliphatic rings. The molecule has 0 saturated heterocycles. The maximum absolute atomic E-state index is 10.3. The minimum absolute atomic E-state index is 0.128. The predicted octanol–water partition coefficient (Wildman–Crippen LogP) is 2.21. The molecule has 1 heterocycles. The zero-order valence-electron chi connectivity index (χ0n) is 16.9. The molecule has 2 unspecified atom stereocenters. The van der Waals surface area contributed by atoms with Crippen molar-refractivity contribution in [2.45, 2.75) is 5.92 Å². The monoisotopic (exact) mass is 396 g/mol. The van der Waals surface area contributed by atoms with E-state index in [1.807, 2.05) is 42.5 Å². The van der Waals surface area contributed by atoms with Gasteiger partial charge in [-0.05, 0) is 28.5 Å². The maximum atomic E-state index is 10.3. The zero-order chi connectivity index (χ0) is 21.5. The van der Waals surface area contributed by atoms with Crippen LogP contribution in [-0.2, 0) is 0 Å². The van der Waals surface area contributed by atoms with Gasteiger partial charge < -0.3 is 15.0 Å². The van der Waals surface area contributed by atoms with E-state index in [1.165, 1.54) is 4.90 Å². The lowest BCUT2D eigenvalue weighted by Gasteiger charge is -2.46. The molecule has 2 aromatic rings. The number of ether oxygens (including phenoxy) is 1. The summed E-state index contributed by atoms with van der Waals surface area (Å²) in [5, 5.41) is 41.0. The molecule has 4 rings (SSSR count). The van der Waals surface area contributed by atoms with Crippen molar-refractivity contribution in [1.82, 2.24) is 0 Å². The molecule has 2 aromatic carbocycles. The van der Waals surface area contributed by atoms with Crippen LogP contribution in [0.25, 0.3) is 10.8 Å². The predicted molar refractivity (Wildman–Crippen MR) is 112 cm³/mol. The van der Waals surface area contributed by atoms with Crippen LogP contribution in [-0.4, -0.2) is 33.0 Å². The second-order valence-electron chi connectivity index (χ2n) is 8.06. The Balaban J connectivity index is 2.10. The SMILES string of the molecule is COc1ccc2ccccc2c1[C@@H]1[C@@H]2C[NH+](C)CC=C2C(C#N)C(=N)C1(C#N)C#N. The van der Waals surface area contributed by atoms with E-state index in [4.69, 9.17) is 10.1 Å². The van der Waals surface area contributed by atoms with Crippen LogP contribution >= 0.6 is 0 Å². The Labute approximate surface area is 175 Å². The summed E-state index contributed by atoms with van der Waals surface area (Å²) in [5.74, 6) is -1.07. The van der Waals surface area contributed by atoms with Crippen molar-refractivity contribution >= 4 is 16.5 Å². The van der Waals surface area contributed by atoms with Gasteiger partial charge in [0, 0.05) is 17.4 Å². The molecule has 30 heavy (non-hydrogen) atoms. The third kappa shape index (κ3) is 2.61. The summed E-state index contributed by atoms with van der Waals surface area (Å²) in [5.41, 5.74) is -0.242. The first-order valence-electron chi connectivity index (χ1n) is 9.90. The van der Waals surface area contributed by atoms with E-state index in [0.717, 1.165) is 28.5 Å². The number of nitriles is 3. The van der Waals surface area contributed by atoms with Crippen LogP contribution in [0.4, 0.5) is 0 Å². The van der Waals surface area contributed by atoms with E-state index in [-0.39, 0.29) is 11.6 Å². The first kappa shape index (κ1) is 19.6. The summed E-state index contributed by atoms with van der Waals surface area (Å²) in [6.45, 7) is 1.43. The van der Waals surface area contributed by atoms with E-state index in [1.54, 1.807) is 7.11 Å². The van der Waals surface area contributed by atoms with E-state index >= 15 is 0 Å². The molecule has 0 bridgehead atoms. The number of hydrogen-bond donors (Lipinski definition) is 2. The quantitative estimate of drug-likeness (QED) is 0.759. The smallest absolute Gasteiger partial charge is 0.190 e. The van der Waals surface area contributed by atoms with Crippen molar-refractivity contribution in [3.63, 3.8) is 0 Å². The summed E-state index contributed by atoms with van der Waals surface area (Å²) in [7, 11) is 3.64. The minimum atomic E-state index is -1.74. The molecule has 0 aromatic heterocycles. The van der Waals surface area contributed by atoms with Gasteiger partial charge in [-0.25, -0.2) is 0 Å². The fraction of sp³-hybridized carbons (Fsp3) is 0.333. The number of likely N-dealkylation sites (N-methyl/N-ethyl adjacent to an activating group) is 1. The van der Waals surface area contributed by atoms with Crippen LogP contribution < -0.4 is 9.64 Å². The lowest BCUT2D eigenvalue weighted by Crippen LogP contribution is -3.10. The normalized spacial score (nSPS) is 27.2. The largest absolute Gasteiger partial charge is 0.496 e. The average Bonchev–Trinajstić information content (AvgIpc) is 2.78. The van der Waals surface area contributed by atoms with Crippen molar-refractivity contribution in [1.29, 1.82) is 21.2 Å². The van der Waals surface area contributed by atoms with Gasteiger partial charge in [-0.15, -0.1) is 0 Å². The summed E-state index contributed by atoms with van der Waals surface area (Å²) in [4.78, 5) is 1.24. The molecule has 6 heteroatoms. The summed E-state index contributed by atoms with van der Waals surface area (Å²) in [6, 6.07) is 18.2. The molecular formula is C24H22N5O+. The van der Waals surface area contributed by atoms with Gasteiger partial charge in [0.05, 0.1) is 51.2 Å². The van der Waals surface area contributed by atoms with Gasteiger partial charge in [-0.1, -0.05) is 30.3 Å². The van der Waals surface area contributed by atoms with E-state index in [9.17, 15) is 15.8 Å². The van der Waals surface area contributed by atoms with Gasteiger partial charge in [0.25, 0.3) is 0 Å². The molecule has 1 fully saturated rings. The van der Waals surface area contributed by atoms with Crippen molar-refractivity contribution in [3.8, 4) is 24.0 Å². The molecule has 148 valence electrons. The fourth-order valence-corrected chi connectivity index (χ4v) is 5.14. The molecule has 0 amide bonds. The Bertz CT molecular complexity index is 1180. The first-order chi connectivity index (χ1) is 14.5. The van der Waals surface area contributed by atoms with Crippen LogP contribution in [0.2, 0.25) is 0 Å². The Morgan fingerprint density at radius 3 is 2.53 bits per heavy atom. The zero-order valence-corrected chi connectivity index (χ0v) is 16.9. The molecule has 0 radical (unpaired) electrons. The third-order valence-electron chi connectivity index (χ3n) is 6.54. The molecule has 0 spiro atoms. The third-order valence-corrected chi connectivity index (χ3v) is 6.54.